The normalized spacial score (nSPS) is 7.74. The second-order valence-corrected chi connectivity index (χ2v) is 4.58. The number of hydrogen-bond acceptors (Lipinski definition) is 0. The summed E-state index contributed by atoms with van der Waals surface area (Å²) < 4.78 is 0. The summed E-state index contributed by atoms with van der Waals surface area (Å²) in [5.41, 5.74) is 2.43. The third-order valence-electron chi connectivity index (χ3n) is 2.37. The van der Waals surface area contributed by atoms with Crippen molar-refractivity contribution in [1.29, 1.82) is 0 Å². The Morgan fingerprint density at radius 1 is 0.739 bits per heavy atom. The highest BCUT2D eigenvalue weighted by Crippen LogP contribution is 2.12. The first-order chi connectivity index (χ1) is 11.1. The van der Waals surface area contributed by atoms with Gasteiger partial charge in [0.1, 0.15) is 0 Å². The van der Waals surface area contributed by atoms with E-state index in [4.69, 9.17) is 23.2 Å². The third kappa shape index (κ3) is 15.7. The summed E-state index contributed by atoms with van der Waals surface area (Å²) in [6.07, 6.45) is 1.06. The number of rotatable bonds is 1. The average Bonchev–Trinajstić information content (AvgIpc) is 2.63. The molecule has 0 aromatic heterocycles. The minimum absolute atomic E-state index is 0.828. The van der Waals surface area contributed by atoms with Crippen molar-refractivity contribution in [2.24, 2.45) is 0 Å². The van der Waals surface area contributed by atoms with Crippen LogP contribution in [0.1, 0.15) is 59.6 Å². The SMILES string of the molecule is CC.CC.CC.CCc1cccc(Cl)c1.Cc1ccccc1Cl. The van der Waals surface area contributed by atoms with E-state index in [2.05, 4.69) is 13.0 Å². The maximum absolute atomic E-state index is 5.72. The van der Waals surface area contributed by atoms with Crippen molar-refractivity contribution >= 4 is 23.2 Å². The summed E-state index contributed by atoms with van der Waals surface area (Å²) in [6, 6.07) is 15.7. The van der Waals surface area contributed by atoms with Gasteiger partial charge in [0.2, 0.25) is 0 Å². The van der Waals surface area contributed by atoms with E-state index >= 15 is 0 Å². The zero-order chi connectivity index (χ0) is 18.7. The Hall–Kier alpha value is -0.980. The Morgan fingerprint density at radius 3 is 1.57 bits per heavy atom. The van der Waals surface area contributed by atoms with Crippen molar-refractivity contribution in [3.8, 4) is 0 Å². The smallest absolute Gasteiger partial charge is 0.0435 e. The fourth-order valence-corrected chi connectivity index (χ4v) is 1.66. The Labute approximate surface area is 154 Å². The topological polar surface area (TPSA) is 0 Å². The maximum atomic E-state index is 5.72. The molecule has 0 aliphatic carbocycles. The van der Waals surface area contributed by atoms with Crippen LogP contribution in [0.4, 0.5) is 0 Å². The van der Waals surface area contributed by atoms with Gasteiger partial charge in [0, 0.05) is 10.0 Å². The van der Waals surface area contributed by atoms with E-state index in [-0.39, 0.29) is 0 Å². The molecule has 23 heavy (non-hydrogen) atoms. The summed E-state index contributed by atoms with van der Waals surface area (Å²) in [5.74, 6) is 0. The van der Waals surface area contributed by atoms with Crippen molar-refractivity contribution in [1.82, 2.24) is 0 Å². The lowest BCUT2D eigenvalue weighted by Crippen LogP contribution is -1.76. The van der Waals surface area contributed by atoms with Crippen molar-refractivity contribution in [2.45, 2.75) is 61.8 Å². The standard InChI is InChI=1S/C8H9Cl.C7H7Cl.3C2H6/c1-2-7-4-3-5-8(9)6-7;1-6-4-2-3-5-7(6)8;3*1-2/h3-6H,2H2,1H3;2-5H,1H3;3*1-2H3. The minimum Gasteiger partial charge on any atom is -0.0843 e. The average molecular weight is 357 g/mol. The molecule has 0 unspecified atom stereocenters. The molecule has 0 saturated heterocycles. The summed E-state index contributed by atoms with van der Waals surface area (Å²) >= 11 is 11.4. The first-order valence-corrected chi connectivity index (χ1v) is 9.34. The van der Waals surface area contributed by atoms with Gasteiger partial charge in [0.15, 0.2) is 0 Å². The van der Waals surface area contributed by atoms with E-state index in [1.165, 1.54) is 5.56 Å². The Kier molecular flexibility index (Phi) is 24.6. The van der Waals surface area contributed by atoms with Crippen molar-refractivity contribution in [3.63, 3.8) is 0 Å². The van der Waals surface area contributed by atoms with Gasteiger partial charge in [-0.15, -0.1) is 0 Å². The summed E-state index contributed by atoms with van der Waals surface area (Å²) in [4.78, 5) is 0. The van der Waals surface area contributed by atoms with E-state index in [9.17, 15) is 0 Å². The van der Waals surface area contributed by atoms with Crippen LogP contribution in [0.25, 0.3) is 0 Å². The number of benzene rings is 2. The van der Waals surface area contributed by atoms with Gasteiger partial charge in [-0.3, -0.25) is 0 Å². The number of aryl methyl sites for hydroxylation is 2. The molecule has 0 aliphatic heterocycles. The van der Waals surface area contributed by atoms with Gasteiger partial charge in [-0.25, -0.2) is 0 Å². The molecule has 0 N–H and O–H groups in total. The van der Waals surface area contributed by atoms with E-state index < -0.39 is 0 Å². The van der Waals surface area contributed by atoms with E-state index in [0.717, 1.165) is 22.0 Å². The molecule has 0 aliphatic rings. The molecule has 0 bridgehead atoms. The highest BCUT2D eigenvalue weighted by atomic mass is 35.5. The lowest BCUT2D eigenvalue weighted by molar-refractivity contribution is 1.14. The largest absolute Gasteiger partial charge is 0.0843 e. The second kappa shape index (κ2) is 21.0. The first-order valence-electron chi connectivity index (χ1n) is 8.59. The van der Waals surface area contributed by atoms with Gasteiger partial charge in [0.05, 0.1) is 0 Å². The van der Waals surface area contributed by atoms with Gasteiger partial charge in [-0.05, 0) is 42.7 Å². The molecule has 2 aromatic rings. The molecule has 2 rings (SSSR count). The molecule has 0 heterocycles. The van der Waals surface area contributed by atoms with Gasteiger partial charge in [-0.1, -0.05) is 102 Å². The summed E-state index contributed by atoms with van der Waals surface area (Å²) in [6.45, 7) is 16.1. The van der Waals surface area contributed by atoms with Crippen LogP contribution in [0, 0.1) is 6.92 Å². The van der Waals surface area contributed by atoms with Crippen molar-refractivity contribution < 1.29 is 0 Å². The van der Waals surface area contributed by atoms with E-state index in [1.54, 1.807) is 0 Å². The molecule has 0 nitrogen and oxygen atoms in total. The van der Waals surface area contributed by atoms with Gasteiger partial charge in [-0.2, -0.15) is 0 Å². The molecule has 0 fully saturated rings. The van der Waals surface area contributed by atoms with Gasteiger partial charge in [0.25, 0.3) is 0 Å². The highest BCUT2D eigenvalue weighted by molar-refractivity contribution is 6.31. The minimum atomic E-state index is 0.828. The number of hydrogen-bond donors (Lipinski definition) is 0. The fourth-order valence-electron chi connectivity index (χ4n) is 1.31. The quantitative estimate of drug-likeness (QED) is 0.479. The molecular weight excluding hydrogens is 323 g/mol. The van der Waals surface area contributed by atoms with Crippen LogP contribution < -0.4 is 0 Å². The lowest BCUT2D eigenvalue weighted by atomic mass is 10.2. The van der Waals surface area contributed by atoms with Crippen LogP contribution in [-0.2, 0) is 6.42 Å². The molecule has 2 heteroatoms. The van der Waals surface area contributed by atoms with Crippen LogP contribution in [-0.4, -0.2) is 0 Å². The predicted molar refractivity (Wildman–Crippen MR) is 111 cm³/mol. The molecule has 0 amide bonds. The van der Waals surface area contributed by atoms with Crippen LogP contribution in [0.2, 0.25) is 10.0 Å². The molecule has 0 saturated carbocycles. The van der Waals surface area contributed by atoms with Gasteiger partial charge < -0.3 is 0 Å². The molecule has 2 aromatic carbocycles. The molecule has 132 valence electrons. The first kappa shape index (κ1) is 26.9. The fraction of sp³-hybridized carbons (Fsp3) is 0.429. The third-order valence-corrected chi connectivity index (χ3v) is 3.03. The zero-order valence-corrected chi connectivity index (χ0v) is 17.6. The van der Waals surface area contributed by atoms with Gasteiger partial charge >= 0.3 is 0 Å². The molecule has 0 atom stereocenters. The predicted octanol–water partition coefficient (Wildman–Crippen LogP) is 8.63. The maximum Gasteiger partial charge on any atom is 0.0435 e. The Morgan fingerprint density at radius 2 is 1.26 bits per heavy atom. The van der Waals surface area contributed by atoms with Crippen molar-refractivity contribution in [3.05, 3.63) is 69.7 Å². The van der Waals surface area contributed by atoms with E-state index in [0.29, 0.717) is 0 Å². The van der Waals surface area contributed by atoms with Crippen LogP contribution >= 0.6 is 23.2 Å². The molecule has 0 radical (unpaired) electrons. The zero-order valence-electron chi connectivity index (χ0n) is 16.1. The van der Waals surface area contributed by atoms with Crippen LogP contribution in [0.5, 0.6) is 0 Å². The summed E-state index contributed by atoms with van der Waals surface area (Å²) in [7, 11) is 0. The highest BCUT2D eigenvalue weighted by Gasteiger charge is 1.87. The van der Waals surface area contributed by atoms with E-state index in [1.807, 2.05) is 90.9 Å². The van der Waals surface area contributed by atoms with Crippen molar-refractivity contribution in [2.75, 3.05) is 0 Å². The number of halogens is 2. The molecule has 0 spiro atoms. The monoisotopic (exact) mass is 356 g/mol. The Balaban J connectivity index is -0.000000264. The second-order valence-electron chi connectivity index (χ2n) is 3.73. The summed E-state index contributed by atoms with van der Waals surface area (Å²) in [5, 5.41) is 1.67. The van der Waals surface area contributed by atoms with Crippen LogP contribution in [0.15, 0.2) is 48.5 Å². The molecular formula is C21H34Cl2. The Bertz CT molecular complexity index is 444. The lowest BCUT2D eigenvalue weighted by Gasteiger charge is -1.93. The van der Waals surface area contributed by atoms with Crippen LogP contribution in [0.3, 0.4) is 0 Å².